The second-order valence-corrected chi connectivity index (χ2v) is 6.61. The van der Waals surface area contributed by atoms with Gasteiger partial charge in [-0.3, -0.25) is 4.79 Å². The standard InChI is InChI=1S/C16H20N4OS/c1-2-22-15-6-4-3-5-14(15)16(21)19-11-7-13(8-12-19)20-17-9-10-18-20/h3-6,9-10,13H,2,7-8,11-12H2,1H3. The highest BCUT2D eigenvalue weighted by atomic mass is 32.2. The van der Waals surface area contributed by atoms with Gasteiger partial charge in [-0.1, -0.05) is 19.1 Å². The molecule has 1 aromatic carbocycles. The summed E-state index contributed by atoms with van der Waals surface area (Å²) >= 11 is 1.72. The van der Waals surface area contributed by atoms with Gasteiger partial charge in [0.2, 0.25) is 0 Å². The van der Waals surface area contributed by atoms with Gasteiger partial charge in [0.15, 0.2) is 0 Å². The summed E-state index contributed by atoms with van der Waals surface area (Å²) in [6.45, 7) is 3.63. The van der Waals surface area contributed by atoms with E-state index in [0.29, 0.717) is 6.04 Å². The van der Waals surface area contributed by atoms with Crippen LogP contribution < -0.4 is 0 Å². The third-order valence-corrected chi connectivity index (χ3v) is 4.89. The molecule has 1 saturated heterocycles. The highest BCUT2D eigenvalue weighted by molar-refractivity contribution is 7.99. The van der Waals surface area contributed by atoms with Gasteiger partial charge in [-0.05, 0) is 30.7 Å². The minimum atomic E-state index is 0.142. The molecule has 3 rings (SSSR count). The van der Waals surface area contributed by atoms with Crippen molar-refractivity contribution in [2.75, 3.05) is 18.8 Å². The molecule has 0 radical (unpaired) electrons. The highest BCUT2D eigenvalue weighted by Crippen LogP contribution is 2.26. The number of thioether (sulfide) groups is 1. The lowest BCUT2D eigenvalue weighted by molar-refractivity contribution is 0.0680. The summed E-state index contributed by atoms with van der Waals surface area (Å²) in [4.78, 5) is 17.6. The van der Waals surface area contributed by atoms with Crippen molar-refractivity contribution >= 4 is 17.7 Å². The van der Waals surface area contributed by atoms with E-state index in [1.54, 1.807) is 29.0 Å². The van der Waals surface area contributed by atoms with Gasteiger partial charge in [0.1, 0.15) is 0 Å². The lowest BCUT2D eigenvalue weighted by atomic mass is 10.0. The van der Waals surface area contributed by atoms with Gasteiger partial charge in [0.05, 0.1) is 24.0 Å². The summed E-state index contributed by atoms with van der Waals surface area (Å²) in [7, 11) is 0. The van der Waals surface area contributed by atoms with E-state index in [2.05, 4.69) is 17.1 Å². The molecule has 5 nitrogen and oxygen atoms in total. The minimum Gasteiger partial charge on any atom is -0.338 e. The van der Waals surface area contributed by atoms with E-state index in [4.69, 9.17) is 0 Å². The van der Waals surface area contributed by atoms with Crippen molar-refractivity contribution in [1.82, 2.24) is 19.9 Å². The molecule has 116 valence electrons. The van der Waals surface area contributed by atoms with Crippen LogP contribution in [0.15, 0.2) is 41.6 Å². The molecule has 0 spiro atoms. The Morgan fingerprint density at radius 2 is 1.91 bits per heavy atom. The SMILES string of the molecule is CCSc1ccccc1C(=O)N1CCC(n2nccn2)CC1. The molecule has 0 N–H and O–H groups in total. The van der Waals surface area contributed by atoms with Gasteiger partial charge in [-0.15, -0.1) is 11.8 Å². The Kier molecular flexibility index (Phi) is 4.77. The summed E-state index contributed by atoms with van der Waals surface area (Å²) < 4.78 is 0. The number of rotatable bonds is 4. The molecule has 2 aromatic rings. The molecule has 1 aliphatic rings. The Morgan fingerprint density at radius 1 is 1.23 bits per heavy atom. The fraction of sp³-hybridized carbons (Fsp3) is 0.438. The monoisotopic (exact) mass is 316 g/mol. The van der Waals surface area contributed by atoms with Gasteiger partial charge in [0, 0.05) is 18.0 Å². The number of benzene rings is 1. The molecule has 1 aliphatic heterocycles. The first-order valence-corrected chi connectivity index (χ1v) is 8.65. The first-order valence-electron chi connectivity index (χ1n) is 7.66. The lowest BCUT2D eigenvalue weighted by Gasteiger charge is -2.31. The molecule has 0 saturated carbocycles. The van der Waals surface area contributed by atoms with E-state index in [1.165, 1.54) is 0 Å². The second-order valence-electron chi connectivity index (χ2n) is 5.30. The Labute approximate surface area is 134 Å². The highest BCUT2D eigenvalue weighted by Gasteiger charge is 2.26. The number of carbonyl (C=O) groups excluding carboxylic acids is 1. The van der Waals surface area contributed by atoms with E-state index in [-0.39, 0.29) is 5.91 Å². The van der Waals surface area contributed by atoms with Crippen LogP contribution in [0.5, 0.6) is 0 Å². The summed E-state index contributed by atoms with van der Waals surface area (Å²) in [5.41, 5.74) is 0.824. The zero-order chi connectivity index (χ0) is 15.4. The first-order chi connectivity index (χ1) is 10.8. The number of hydrogen-bond donors (Lipinski definition) is 0. The van der Waals surface area contributed by atoms with Crippen molar-refractivity contribution < 1.29 is 4.79 Å². The van der Waals surface area contributed by atoms with Crippen LogP contribution in [0.2, 0.25) is 0 Å². The van der Waals surface area contributed by atoms with Crippen LogP contribution in [0.1, 0.15) is 36.2 Å². The van der Waals surface area contributed by atoms with Crippen molar-refractivity contribution in [3.05, 3.63) is 42.2 Å². The zero-order valence-corrected chi connectivity index (χ0v) is 13.5. The van der Waals surface area contributed by atoms with Gasteiger partial charge >= 0.3 is 0 Å². The molecule has 1 fully saturated rings. The molecule has 22 heavy (non-hydrogen) atoms. The van der Waals surface area contributed by atoms with E-state index in [9.17, 15) is 4.79 Å². The van der Waals surface area contributed by atoms with Gasteiger partial charge in [-0.25, -0.2) is 0 Å². The number of aromatic nitrogens is 3. The lowest BCUT2D eigenvalue weighted by Crippen LogP contribution is -2.39. The number of nitrogens with zero attached hydrogens (tertiary/aromatic N) is 4. The maximum Gasteiger partial charge on any atom is 0.254 e. The predicted octanol–water partition coefficient (Wildman–Crippen LogP) is 2.87. The second kappa shape index (κ2) is 6.96. The van der Waals surface area contributed by atoms with Gasteiger partial charge in [0.25, 0.3) is 5.91 Å². The number of piperidine rings is 1. The van der Waals surface area contributed by atoms with E-state index in [1.807, 2.05) is 29.2 Å². The molecular weight excluding hydrogens is 296 g/mol. The summed E-state index contributed by atoms with van der Waals surface area (Å²) in [6.07, 6.45) is 5.22. The summed E-state index contributed by atoms with van der Waals surface area (Å²) in [6, 6.07) is 8.19. The number of carbonyl (C=O) groups is 1. The van der Waals surface area contributed by atoms with E-state index in [0.717, 1.165) is 42.1 Å². The quantitative estimate of drug-likeness (QED) is 0.814. The molecule has 2 heterocycles. The summed E-state index contributed by atoms with van der Waals surface area (Å²) in [5, 5.41) is 8.41. The largest absolute Gasteiger partial charge is 0.338 e. The van der Waals surface area contributed by atoms with E-state index < -0.39 is 0 Å². The fourth-order valence-corrected chi connectivity index (χ4v) is 3.61. The molecular formula is C16H20N4OS. The smallest absolute Gasteiger partial charge is 0.254 e. The minimum absolute atomic E-state index is 0.142. The average Bonchev–Trinajstić information content (AvgIpc) is 3.10. The molecule has 0 unspecified atom stereocenters. The Hall–Kier alpha value is -1.82. The Balaban J connectivity index is 1.67. The number of likely N-dealkylation sites (tertiary alicyclic amines) is 1. The molecule has 1 amide bonds. The van der Waals surface area contributed by atoms with Crippen LogP contribution in [0.3, 0.4) is 0 Å². The van der Waals surface area contributed by atoms with Crippen molar-refractivity contribution in [3.8, 4) is 0 Å². The maximum atomic E-state index is 12.8. The average molecular weight is 316 g/mol. The Morgan fingerprint density at radius 3 is 2.59 bits per heavy atom. The number of hydrogen-bond acceptors (Lipinski definition) is 4. The predicted molar refractivity (Wildman–Crippen MR) is 87.0 cm³/mol. The van der Waals surface area contributed by atoms with Crippen LogP contribution in [0, 0.1) is 0 Å². The third-order valence-electron chi connectivity index (χ3n) is 3.93. The molecule has 0 aliphatic carbocycles. The topological polar surface area (TPSA) is 51.0 Å². The molecule has 6 heteroatoms. The van der Waals surface area contributed by atoms with Crippen LogP contribution in [0.4, 0.5) is 0 Å². The normalized spacial score (nSPS) is 16.0. The van der Waals surface area contributed by atoms with Crippen molar-refractivity contribution in [1.29, 1.82) is 0 Å². The summed E-state index contributed by atoms with van der Waals surface area (Å²) in [5.74, 6) is 1.11. The van der Waals surface area contributed by atoms with Crippen molar-refractivity contribution in [2.45, 2.75) is 30.7 Å². The third kappa shape index (κ3) is 3.16. The molecule has 1 aromatic heterocycles. The van der Waals surface area contributed by atoms with Crippen LogP contribution in [0.25, 0.3) is 0 Å². The van der Waals surface area contributed by atoms with Crippen LogP contribution in [-0.4, -0.2) is 44.6 Å². The molecule has 0 atom stereocenters. The van der Waals surface area contributed by atoms with Gasteiger partial charge < -0.3 is 4.90 Å². The van der Waals surface area contributed by atoms with E-state index >= 15 is 0 Å². The van der Waals surface area contributed by atoms with Gasteiger partial charge in [-0.2, -0.15) is 15.0 Å². The first kappa shape index (κ1) is 15.1. The zero-order valence-electron chi connectivity index (χ0n) is 12.7. The maximum absolute atomic E-state index is 12.8. The van der Waals surface area contributed by atoms with Crippen molar-refractivity contribution in [2.24, 2.45) is 0 Å². The fourth-order valence-electron chi connectivity index (χ4n) is 2.81. The molecule has 0 bridgehead atoms. The van der Waals surface area contributed by atoms with Crippen molar-refractivity contribution in [3.63, 3.8) is 0 Å². The van der Waals surface area contributed by atoms with Crippen LogP contribution >= 0.6 is 11.8 Å². The van der Waals surface area contributed by atoms with Crippen LogP contribution in [-0.2, 0) is 0 Å². The Bertz CT molecular complexity index is 621. The number of amides is 1.